The van der Waals surface area contributed by atoms with Crippen LogP contribution in [0.25, 0.3) is 0 Å². The first kappa shape index (κ1) is 20.1. The van der Waals surface area contributed by atoms with Gasteiger partial charge in [0.25, 0.3) is 5.69 Å². The molecule has 0 atom stereocenters. The molecule has 3 rings (SSSR count). The zero-order valence-electron chi connectivity index (χ0n) is 16.2. The van der Waals surface area contributed by atoms with Gasteiger partial charge in [0.2, 0.25) is 10.0 Å². The maximum atomic E-state index is 13.3. The monoisotopic (exact) mass is 406 g/mol. The van der Waals surface area contributed by atoms with Crippen molar-refractivity contribution < 1.29 is 22.8 Å². The molecule has 2 aromatic rings. The van der Waals surface area contributed by atoms with Crippen molar-refractivity contribution in [2.45, 2.75) is 31.7 Å². The molecule has 0 aliphatic carbocycles. The molecule has 0 bridgehead atoms. The first-order valence-corrected chi connectivity index (χ1v) is 10.1. The van der Waals surface area contributed by atoms with Crippen molar-refractivity contribution in [2.24, 2.45) is 0 Å². The Morgan fingerprint density at radius 1 is 1.04 bits per heavy atom. The van der Waals surface area contributed by atoms with Gasteiger partial charge >= 0.3 is 0 Å². The molecule has 1 aliphatic heterocycles. The van der Waals surface area contributed by atoms with Crippen molar-refractivity contribution in [3.63, 3.8) is 0 Å². The molecule has 1 heterocycles. The number of sulfonamides is 1. The fraction of sp³-hybridized carbons (Fsp3) is 0.368. The average molecular weight is 406 g/mol. The summed E-state index contributed by atoms with van der Waals surface area (Å²) in [7, 11) is -0.815. The molecule has 0 amide bonds. The van der Waals surface area contributed by atoms with Crippen molar-refractivity contribution in [2.75, 3.05) is 20.8 Å². The Labute approximate surface area is 163 Å². The number of rotatable bonds is 5. The average Bonchev–Trinajstić information content (AvgIpc) is 2.67. The topological polar surface area (TPSA) is 99.0 Å². The number of nitrogens with zero attached hydrogens (tertiary/aromatic N) is 2. The molecule has 1 aliphatic rings. The Hall–Kier alpha value is -2.65. The van der Waals surface area contributed by atoms with Crippen molar-refractivity contribution >= 4 is 15.7 Å². The molecule has 0 spiro atoms. The van der Waals surface area contributed by atoms with E-state index >= 15 is 0 Å². The Kier molecular flexibility index (Phi) is 5.31. The van der Waals surface area contributed by atoms with Crippen LogP contribution < -0.4 is 9.47 Å². The molecular weight excluding hydrogens is 384 g/mol. The summed E-state index contributed by atoms with van der Waals surface area (Å²) in [4.78, 5) is 10.6. The van der Waals surface area contributed by atoms with E-state index in [1.54, 1.807) is 27.0 Å². The van der Waals surface area contributed by atoms with E-state index < -0.39 is 14.9 Å². The third-order valence-electron chi connectivity index (χ3n) is 5.12. The predicted molar refractivity (Wildman–Crippen MR) is 103 cm³/mol. The molecule has 0 saturated carbocycles. The molecular formula is C19H22N2O6S. The molecule has 0 radical (unpaired) electrons. The van der Waals surface area contributed by atoms with Crippen LogP contribution >= 0.6 is 0 Å². The Balaban J connectivity index is 2.03. The molecule has 150 valence electrons. The normalized spacial score (nSPS) is 14.4. The van der Waals surface area contributed by atoms with Gasteiger partial charge in [-0.1, -0.05) is 0 Å². The van der Waals surface area contributed by atoms with E-state index in [1.807, 2.05) is 6.07 Å². The second kappa shape index (κ2) is 7.40. The van der Waals surface area contributed by atoms with Gasteiger partial charge < -0.3 is 9.47 Å². The lowest BCUT2D eigenvalue weighted by Gasteiger charge is -2.29. The van der Waals surface area contributed by atoms with Crippen LogP contribution in [0.4, 0.5) is 5.69 Å². The third-order valence-corrected chi connectivity index (χ3v) is 7.09. The Morgan fingerprint density at radius 2 is 1.64 bits per heavy atom. The van der Waals surface area contributed by atoms with Gasteiger partial charge in [-0.3, -0.25) is 10.1 Å². The van der Waals surface area contributed by atoms with Gasteiger partial charge in [-0.15, -0.1) is 0 Å². The molecule has 0 aromatic heterocycles. The summed E-state index contributed by atoms with van der Waals surface area (Å²) < 4.78 is 38.5. The molecule has 9 heteroatoms. The SMILES string of the molecule is COc1cc2c(cc1OC)CN(S(=O)(=O)c1cc([N+](=O)[O-])cc(C)c1C)CC2. The summed E-state index contributed by atoms with van der Waals surface area (Å²) >= 11 is 0. The van der Waals surface area contributed by atoms with E-state index in [0.717, 1.165) is 17.2 Å². The van der Waals surface area contributed by atoms with Crippen LogP contribution in [0.2, 0.25) is 0 Å². The fourth-order valence-electron chi connectivity index (χ4n) is 3.38. The fourth-order valence-corrected chi connectivity index (χ4v) is 5.12. The number of aryl methyl sites for hydroxylation is 1. The number of methoxy groups -OCH3 is 2. The molecule has 0 saturated heterocycles. The van der Waals surface area contributed by atoms with Crippen LogP contribution in [0.3, 0.4) is 0 Å². The van der Waals surface area contributed by atoms with E-state index in [-0.39, 0.29) is 23.7 Å². The van der Waals surface area contributed by atoms with Crippen LogP contribution in [-0.2, 0) is 23.0 Å². The van der Waals surface area contributed by atoms with Gasteiger partial charge in [-0.05, 0) is 54.7 Å². The van der Waals surface area contributed by atoms with E-state index in [9.17, 15) is 18.5 Å². The maximum Gasteiger partial charge on any atom is 0.271 e. The zero-order chi connectivity index (χ0) is 20.6. The van der Waals surface area contributed by atoms with Crippen LogP contribution in [0.1, 0.15) is 22.3 Å². The number of hydrogen-bond acceptors (Lipinski definition) is 6. The second-order valence-corrected chi connectivity index (χ2v) is 8.61. The molecule has 0 fully saturated rings. The van der Waals surface area contributed by atoms with E-state index in [0.29, 0.717) is 29.0 Å². The van der Waals surface area contributed by atoms with E-state index in [2.05, 4.69) is 0 Å². The van der Waals surface area contributed by atoms with E-state index in [4.69, 9.17) is 9.47 Å². The Bertz CT molecular complexity index is 1050. The maximum absolute atomic E-state index is 13.3. The number of benzene rings is 2. The van der Waals surface area contributed by atoms with Crippen LogP contribution in [0, 0.1) is 24.0 Å². The highest BCUT2D eigenvalue weighted by Crippen LogP contribution is 2.35. The van der Waals surface area contributed by atoms with Gasteiger partial charge in [-0.2, -0.15) is 4.31 Å². The number of fused-ring (bicyclic) bond motifs is 1. The minimum atomic E-state index is -3.89. The highest BCUT2D eigenvalue weighted by atomic mass is 32.2. The smallest absolute Gasteiger partial charge is 0.271 e. The number of hydrogen-bond donors (Lipinski definition) is 0. The summed E-state index contributed by atoms with van der Waals surface area (Å²) in [5.74, 6) is 1.13. The Morgan fingerprint density at radius 3 is 2.21 bits per heavy atom. The first-order valence-electron chi connectivity index (χ1n) is 8.68. The zero-order valence-corrected chi connectivity index (χ0v) is 17.0. The largest absolute Gasteiger partial charge is 0.493 e. The standard InChI is InChI=1S/C19H22N2O6S/c1-12-7-16(21(22)23)10-19(13(12)2)28(24,25)20-6-5-14-8-17(26-3)18(27-4)9-15(14)11-20/h7-10H,5-6,11H2,1-4H3. The summed E-state index contributed by atoms with van der Waals surface area (Å²) in [5.41, 5.74) is 2.68. The lowest BCUT2D eigenvalue weighted by atomic mass is 10.0. The number of nitro groups is 1. The first-order chi connectivity index (χ1) is 13.2. The minimum absolute atomic E-state index is 0.0249. The van der Waals surface area contributed by atoms with Gasteiger partial charge in [-0.25, -0.2) is 8.42 Å². The van der Waals surface area contributed by atoms with Gasteiger partial charge in [0.05, 0.1) is 24.0 Å². The van der Waals surface area contributed by atoms with Gasteiger partial charge in [0.15, 0.2) is 11.5 Å². The third kappa shape index (κ3) is 3.43. The predicted octanol–water partition coefficient (Wildman–Crippen LogP) is 2.98. The van der Waals surface area contributed by atoms with Crippen molar-refractivity contribution in [1.29, 1.82) is 0 Å². The summed E-state index contributed by atoms with van der Waals surface area (Å²) in [6, 6.07) is 6.17. The van der Waals surface area contributed by atoms with Crippen molar-refractivity contribution in [1.82, 2.24) is 4.31 Å². The number of non-ortho nitro benzene ring substituents is 1. The number of nitro benzene ring substituents is 1. The lowest BCUT2D eigenvalue weighted by molar-refractivity contribution is -0.385. The van der Waals surface area contributed by atoms with E-state index in [1.165, 1.54) is 17.5 Å². The molecule has 0 N–H and O–H groups in total. The minimum Gasteiger partial charge on any atom is -0.493 e. The molecule has 2 aromatic carbocycles. The molecule has 28 heavy (non-hydrogen) atoms. The quantitative estimate of drug-likeness (QED) is 0.559. The van der Waals surface area contributed by atoms with Crippen LogP contribution in [0.5, 0.6) is 11.5 Å². The van der Waals surface area contributed by atoms with Crippen LogP contribution in [0.15, 0.2) is 29.2 Å². The second-order valence-electron chi connectivity index (χ2n) is 6.71. The van der Waals surface area contributed by atoms with Crippen molar-refractivity contribution in [3.8, 4) is 11.5 Å². The lowest BCUT2D eigenvalue weighted by Crippen LogP contribution is -2.36. The van der Waals surface area contributed by atoms with Crippen LogP contribution in [-0.4, -0.2) is 38.4 Å². The molecule has 0 unspecified atom stereocenters. The number of ether oxygens (including phenoxy) is 2. The van der Waals surface area contributed by atoms with Gasteiger partial charge in [0.1, 0.15) is 0 Å². The summed E-state index contributed by atoms with van der Waals surface area (Å²) in [5, 5.41) is 11.2. The highest BCUT2D eigenvalue weighted by Gasteiger charge is 2.32. The highest BCUT2D eigenvalue weighted by molar-refractivity contribution is 7.89. The molecule has 8 nitrogen and oxygen atoms in total. The summed E-state index contributed by atoms with van der Waals surface area (Å²) in [6.45, 7) is 3.78. The van der Waals surface area contributed by atoms with Gasteiger partial charge in [0, 0.05) is 25.2 Å². The van der Waals surface area contributed by atoms with Crippen molar-refractivity contribution in [3.05, 3.63) is 56.6 Å². The summed E-state index contributed by atoms with van der Waals surface area (Å²) in [6.07, 6.45) is 0.516.